The maximum atomic E-state index is 12.2. The van der Waals surface area contributed by atoms with Gasteiger partial charge in [-0.05, 0) is 38.6 Å². The Labute approximate surface area is 117 Å². The number of hydrogen-bond acceptors (Lipinski definition) is 4. The van der Waals surface area contributed by atoms with Crippen LogP contribution in [0.15, 0.2) is 24.3 Å². The molecule has 0 spiro atoms. The van der Waals surface area contributed by atoms with Gasteiger partial charge in [-0.2, -0.15) is 8.78 Å². The van der Waals surface area contributed by atoms with Crippen molar-refractivity contribution in [3.05, 3.63) is 29.8 Å². The third-order valence-electron chi connectivity index (χ3n) is 3.05. The first kappa shape index (κ1) is 16.4. The minimum atomic E-state index is -2.88. The van der Waals surface area contributed by atoms with E-state index in [0.717, 1.165) is 0 Å². The molecule has 1 N–H and O–H groups in total. The average molecular weight is 287 g/mol. The molecule has 1 unspecified atom stereocenters. The zero-order valence-corrected chi connectivity index (χ0v) is 11.8. The zero-order valence-electron chi connectivity index (χ0n) is 11.8. The van der Waals surface area contributed by atoms with Gasteiger partial charge in [-0.3, -0.25) is 4.79 Å². The number of carbonyl (C=O) groups is 1. The van der Waals surface area contributed by atoms with Gasteiger partial charge in [0.2, 0.25) is 0 Å². The van der Waals surface area contributed by atoms with E-state index in [1.54, 1.807) is 33.0 Å². The fraction of sp³-hybridized carbons (Fsp3) is 0.500. The smallest absolute Gasteiger partial charge is 0.387 e. The van der Waals surface area contributed by atoms with Crippen LogP contribution in [0.3, 0.4) is 0 Å². The van der Waals surface area contributed by atoms with Gasteiger partial charge in [-0.15, -0.1) is 0 Å². The summed E-state index contributed by atoms with van der Waals surface area (Å²) in [6.45, 7) is 0.945. The highest BCUT2D eigenvalue weighted by atomic mass is 19.3. The van der Waals surface area contributed by atoms with E-state index in [4.69, 9.17) is 4.74 Å². The van der Waals surface area contributed by atoms with Crippen LogP contribution in [0, 0.1) is 0 Å². The van der Waals surface area contributed by atoms with Gasteiger partial charge in [0.05, 0.1) is 18.6 Å². The first-order valence-electron chi connectivity index (χ1n) is 6.31. The van der Waals surface area contributed by atoms with E-state index in [-0.39, 0.29) is 18.1 Å². The summed E-state index contributed by atoms with van der Waals surface area (Å²) in [5, 5.41) is 3.02. The molecule has 0 amide bonds. The van der Waals surface area contributed by atoms with Crippen LogP contribution in [-0.4, -0.2) is 26.2 Å². The number of carbonyl (C=O) groups excluding carboxylic acids is 1. The fourth-order valence-corrected chi connectivity index (χ4v) is 1.85. The Morgan fingerprint density at radius 1 is 1.45 bits per heavy atom. The van der Waals surface area contributed by atoms with Gasteiger partial charge < -0.3 is 14.8 Å². The van der Waals surface area contributed by atoms with Crippen molar-refractivity contribution in [2.75, 3.05) is 13.7 Å². The summed E-state index contributed by atoms with van der Waals surface area (Å²) in [5.74, 6) is -0.299. The van der Waals surface area contributed by atoms with Crippen LogP contribution in [0.4, 0.5) is 8.78 Å². The zero-order chi connectivity index (χ0) is 15.2. The van der Waals surface area contributed by atoms with Crippen molar-refractivity contribution in [1.29, 1.82) is 0 Å². The third kappa shape index (κ3) is 4.45. The van der Waals surface area contributed by atoms with Crippen LogP contribution in [-0.2, 0) is 15.1 Å². The normalized spacial score (nSPS) is 13.9. The second-order valence-corrected chi connectivity index (χ2v) is 4.47. The maximum absolute atomic E-state index is 12.2. The van der Waals surface area contributed by atoms with Crippen molar-refractivity contribution >= 4 is 5.97 Å². The molecule has 1 atom stereocenters. The molecule has 0 heterocycles. The predicted octanol–water partition coefficient (Wildman–Crippen LogP) is 2.68. The second kappa shape index (κ2) is 7.19. The molecule has 0 fully saturated rings. The molecule has 0 aliphatic rings. The molecule has 0 saturated carbocycles. The number of hydrogen-bond donors (Lipinski definition) is 1. The number of benzene rings is 1. The van der Waals surface area contributed by atoms with Crippen molar-refractivity contribution < 1.29 is 23.0 Å². The van der Waals surface area contributed by atoms with Crippen LogP contribution in [0.5, 0.6) is 5.75 Å². The number of rotatable bonds is 7. The Hall–Kier alpha value is -1.69. The molecular weight excluding hydrogens is 268 g/mol. The number of nitrogens with one attached hydrogen (secondary N) is 1. The summed E-state index contributed by atoms with van der Waals surface area (Å²) in [6, 6.07) is 6.28. The van der Waals surface area contributed by atoms with E-state index in [0.29, 0.717) is 12.2 Å². The number of esters is 1. The minimum Gasteiger partial charge on any atom is -0.466 e. The molecule has 0 aliphatic heterocycles. The maximum Gasteiger partial charge on any atom is 0.387 e. The molecule has 0 saturated heterocycles. The summed E-state index contributed by atoms with van der Waals surface area (Å²) in [5.41, 5.74) is -0.0421. The van der Waals surface area contributed by atoms with Gasteiger partial charge in [0.1, 0.15) is 5.75 Å². The summed E-state index contributed by atoms with van der Waals surface area (Å²) < 4.78 is 33.8. The lowest BCUT2D eigenvalue weighted by molar-refractivity contribution is -0.144. The molecule has 0 aromatic heterocycles. The molecule has 1 aromatic rings. The number of halogens is 2. The van der Waals surface area contributed by atoms with Crippen molar-refractivity contribution in [2.24, 2.45) is 0 Å². The van der Waals surface area contributed by atoms with E-state index in [9.17, 15) is 13.6 Å². The molecule has 0 bridgehead atoms. The van der Waals surface area contributed by atoms with Crippen molar-refractivity contribution in [1.82, 2.24) is 5.32 Å². The molecule has 1 rings (SSSR count). The molecule has 6 heteroatoms. The lowest BCUT2D eigenvalue weighted by Gasteiger charge is -2.29. The SMILES string of the molecule is CCOC(=O)CC(C)(NC)c1cccc(OC(F)F)c1. The lowest BCUT2D eigenvalue weighted by atomic mass is 9.88. The Kier molecular flexibility index (Phi) is 5.88. The highest BCUT2D eigenvalue weighted by Crippen LogP contribution is 2.28. The lowest BCUT2D eigenvalue weighted by Crippen LogP contribution is -2.39. The van der Waals surface area contributed by atoms with Crippen LogP contribution in [0.1, 0.15) is 25.8 Å². The van der Waals surface area contributed by atoms with Crippen LogP contribution < -0.4 is 10.1 Å². The third-order valence-corrected chi connectivity index (χ3v) is 3.05. The van der Waals surface area contributed by atoms with E-state index in [1.165, 1.54) is 12.1 Å². The van der Waals surface area contributed by atoms with Crippen LogP contribution in [0.2, 0.25) is 0 Å². The van der Waals surface area contributed by atoms with E-state index >= 15 is 0 Å². The molecular formula is C14H19F2NO3. The van der Waals surface area contributed by atoms with Gasteiger partial charge in [0.15, 0.2) is 0 Å². The summed E-state index contributed by atoms with van der Waals surface area (Å²) in [7, 11) is 1.69. The van der Waals surface area contributed by atoms with E-state index in [1.807, 2.05) is 0 Å². The van der Waals surface area contributed by atoms with E-state index in [2.05, 4.69) is 10.1 Å². The van der Waals surface area contributed by atoms with Gasteiger partial charge in [0.25, 0.3) is 0 Å². The first-order valence-corrected chi connectivity index (χ1v) is 6.31. The largest absolute Gasteiger partial charge is 0.466 e. The molecule has 20 heavy (non-hydrogen) atoms. The number of ether oxygens (including phenoxy) is 2. The molecule has 4 nitrogen and oxygen atoms in total. The standard InChI is InChI=1S/C14H19F2NO3/c1-4-19-12(18)9-14(2,17-3)10-6-5-7-11(8-10)20-13(15)16/h5-8,13,17H,4,9H2,1-3H3. The predicted molar refractivity (Wildman–Crippen MR) is 70.7 cm³/mol. The van der Waals surface area contributed by atoms with Gasteiger partial charge in [0, 0.05) is 0 Å². The average Bonchev–Trinajstić information content (AvgIpc) is 2.38. The van der Waals surface area contributed by atoms with Gasteiger partial charge in [-0.25, -0.2) is 0 Å². The van der Waals surface area contributed by atoms with Gasteiger partial charge >= 0.3 is 12.6 Å². The molecule has 112 valence electrons. The van der Waals surface area contributed by atoms with Gasteiger partial charge in [-0.1, -0.05) is 12.1 Å². The fourth-order valence-electron chi connectivity index (χ4n) is 1.85. The van der Waals surface area contributed by atoms with Crippen LogP contribution >= 0.6 is 0 Å². The monoisotopic (exact) mass is 287 g/mol. The summed E-state index contributed by atoms with van der Waals surface area (Å²) in [4.78, 5) is 11.6. The minimum absolute atomic E-state index is 0.0582. The number of alkyl halides is 2. The van der Waals surface area contributed by atoms with Crippen molar-refractivity contribution in [2.45, 2.75) is 32.4 Å². The van der Waals surface area contributed by atoms with E-state index < -0.39 is 12.2 Å². The first-order chi connectivity index (χ1) is 9.41. The Balaban J connectivity index is 2.95. The van der Waals surface area contributed by atoms with Crippen LogP contribution in [0.25, 0.3) is 0 Å². The summed E-state index contributed by atoms with van der Waals surface area (Å²) in [6.07, 6.45) is 0.0927. The van der Waals surface area contributed by atoms with Crippen molar-refractivity contribution in [3.8, 4) is 5.75 Å². The Morgan fingerprint density at radius 2 is 2.15 bits per heavy atom. The Morgan fingerprint density at radius 3 is 2.70 bits per heavy atom. The molecule has 0 radical (unpaired) electrons. The quantitative estimate of drug-likeness (QED) is 0.783. The highest BCUT2D eigenvalue weighted by Gasteiger charge is 2.29. The molecule has 1 aromatic carbocycles. The van der Waals surface area contributed by atoms with Crippen molar-refractivity contribution in [3.63, 3.8) is 0 Å². The Bertz CT molecular complexity index is 454. The second-order valence-electron chi connectivity index (χ2n) is 4.47. The summed E-state index contributed by atoms with van der Waals surface area (Å²) >= 11 is 0. The highest BCUT2D eigenvalue weighted by molar-refractivity contribution is 5.71. The topological polar surface area (TPSA) is 47.6 Å². The molecule has 0 aliphatic carbocycles.